The van der Waals surface area contributed by atoms with Crippen molar-refractivity contribution in [3.63, 3.8) is 0 Å². The van der Waals surface area contributed by atoms with Crippen LogP contribution in [-0.2, 0) is 12.0 Å². The van der Waals surface area contributed by atoms with Crippen LogP contribution in [0.2, 0.25) is 0 Å². The number of methoxy groups -OCH3 is 1. The van der Waals surface area contributed by atoms with Crippen molar-refractivity contribution in [2.24, 2.45) is 5.73 Å². The van der Waals surface area contributed by atoms with E-state index in [1.807, 2.05) is 18.2 Å². The van der Waals surface area contributed by atoms with Crippen molar-refractivity contribution in [1.29, 1.82) is 0 Å². The second-order valence-electron chi connectivity index (χ2n) is 5.49. The molecule has 2 aromatic carbocycles. The highest BCUT2D eigenvalue weighted by atomic mass is 16.5. The first-order valence-electron chi connectivity index (χ1n) is 7.09. The fraction of sp³-hybridized carbons (Fsp3) is 0.333. The molecule has 0 aliphatic rings. The van der Waals surface area contributed by atoms with Crippen molar-refractivity contribution in [3.05, 3.63) is 65.7 Å². The van der Waals surface area contributed by atoms with Crippen LogP contribution in [0.5, 0.6) is 5.75 Å². The van der Waals surface area contributed by atoms with Gasteiger partial charge in [0.25, 0.3) is 0 Å². The Morgan fingerprint density at radius 3 is 2.25 bits per heavy atom. The lowest BCUT2D eigenvalue weighted by Crippen LogP contribution is -2.32. The van der Waals surface area contributed by atoms with Gasteiger partial charge in [-0.3, -0.25) is 0 Å². The molecule has 2 nitrogen and oxygen atoms in total. The van der Waals surface area contributed by atoms with E-state index in [0.29, 0.717) is 0 Å². The lowest BCUT2D eigenvalue weighted by molar-refractivity contribution is 0.411. The molecule has 0 saturated carbocycles. The van der Waals surface area contributed by atoms with Crippen molar-refractivity contribution in [1.82, 2.24) is 0 Å². The Hall–Kier alpha value is -1.80. The minimum absolute atomic E-state index is 0.291. The van der Waals surface area contributed by atoms with Crippen LogP contribution >= 0.6 is 0 Å². The molecule has 2 aromatic rings. The molecule has 20 heavy (non-hydrogen) atoms. The lowest BCUT2D eigenvalue weighted by Gasteiger charge is -2.25. The summed E-state index contributed by atoms with van der Waals surface area (Å²) in [6.45, 7) is 2.10. The summed E-state index contributed by atoms with van der Waals surface area (Å²) in [7, 11) is 1.68. The van der Waals surface area contributed by atoms with Crippen molar-refractivity contribution in [2.75, 3.05) is 7.11 Å². The average molecular weight is 269 g/mol. The number of aryl methyl sites for hydroxylation is 1. The van der Waals surface area contributed by atoms with E-state index in [1.54, 1.807) is 7.11 Å². The van der Waals surface area contributed by atoms with Crippen LogP contribution in [0.3, 0.4) is 0 Å². The van der Waals surface area contributed by atoms with Crippen LogP contribution < -0.4 is 10.5 Å². The minimum atomic E-state index is -0.291. The Bertz CT molecular complexity index is 517. The third-order valence-corrected chi connectivity index (χ3v) is 3.75. The second-order valence-corrected chi connectivity index (χ2v) is 5.49. The first-order valence-corrected chi connectivity index (χ1v) is 7.09. The SMILES string of the molecule is COc1ccc(C(C)(N)CCCc2ccccc2)cc1. The topological polar surface area (TPSA) is 35.2 Å². The fourth-order valence-electron chi connectivity index (χ4n) is 2.42. The van der Waals surface area contributed by atoms with Gasteiger partial charge in [-0.15, -0.1) is 0 Å². The van der Waals surface area contributed by atoms with Gasteiger partial charge in [-0.25, -0.2) is 0 Å². The van der Waals surface area contributed by atoms with E-state index in [2.05, 4.69) is 43.3 Å². The molecule has 0 aliphatic carbocycles. The standard InChI is InChI=1S/C18H23NO/c1-18(19,16-10-12-17(20-2)13-11-16)14-6-9-15-7-4-3-5-8-15/h3-5,7-8,10-13H,6,9,14,19H2,1-2H3. The Morgan fingerprint density at radius 1 is 1.00 bits per heavy atom. The fourth-order valence-corrected chi connectivity index (χ4v) is 2.42. The lowest BCUT2D eigenvalue weighted by atomic mass is 9.87. The first-order chi connectivity index (χ1) is 9.62. The van der Waals surface area contributed by atoms with Crippen LogP contribution in [0.15, 0.2) is 54.6 Å². The molecule has 1 unspecified atom stereocenters. The first kappa shape index (κ1) is 14.6. The Labute approximate surface area is 121 Å². The van der Waals surface area contributed by atoms with E-state index in [-0.39, 0.29) is 5.54 Å². The van der Waals surface area contributed by atoms with Crippen molar-refractivity contribution >= 4 is 0 Å². The maximum Gasteiger partial charge on any atom is 0.118 e. The summed E-state index contributed by atoms with van der Waals surface area (Å²) < 4.78 is 5.18. The van der Waals surface area contributed by atoms with E-state index in [4.69, 9.17) is 10.5 Å². The highest BCUT2D eigenvalue weighted by Gasteiger charge is 2.20. The molecular weight excluding hydrogens is 246 g/mol. The zero-order chi connectivity index (χ0) is 14.4. The highest BCUT2D eigenvalue weighted by Crippen LogP contribution is 2.25. The normalized spacial score (nSPS) is 13.8. The summed E-state index contributed by atoms with van der Waals surface area (Å²) in [6.07, 6.45) is 3.13. The van der Waals surface area contributed by atoms with Crippen LogP contribution in [0, 0.1) is 0 Å². The van der Waals surface area contributed by atoms with E-state index >= 15 is 0 Å². The van der Waals surface area contributed by atoms with Gasteiger partial charge in [-0.2, -0.15) is 0 Å². The van der Waals surface area contributed by atoms with Gasteiger partial charge in [0.05, 0.1) is 7.11 Å². The molecule has 1 atom stereocenters. The third kappa shape index (κ3) is 3.84. The molecule has 106 valence electrons. The summed E-state index contributed by atoms with van der Waals surface area (Å²) in [5, 5.41) is 0. The van der Waals surface area contributed by atoms with Gasteiger partial charge in [0, 0.05) is 5.54 Å². The van der Waals surface area contributed by atoms with Crippen molar-refractivity contribution in [3.8, 4) is 5.75 Å². The number of hydrogen-bond acceptors (Lipinski definition) is 2. The smallest absolute Gasteiger partial charge is 0.118 e. The Kier molecular flexibility index (Phi) is 4.80. The van der Waals surface area contributed by atoms with Gasteiger partial charge in [0.2, 0.25) is 0 Å². The predicted octanol–water partition coefficient (Wildman–Crippen LogP) is 3.89. The average Bonchev–Trinajstić information content (AvgIpc) is 2.48. The number of nitrogens with two attached hydrogens (primary N) is 1. The number of ether oxygens (including phenoxy) is 1. The number of hydrogen-bond donors (Lipinski definition) is 1. The summed E-state index contributed by atoms with van der Waals surface area (Å²) in [4.78, 5) is 0. The van der Waals surface area contributed by atoms with E-state index < -0.39 is 0 Å². The zero-order valence-corrected chi connectivity index (χ0v) is 12.3. The van der Waals surface area contributed by atoms with Crippen molar-refractivity contribution in [2.45, 2.75) is 31.7 Å². The van der Waals surface area contributed by atoms with Crippen LogP contribution in [0.25, 0.3) is 0 Å². The summed E-state index contributed by atoms with van der Waals surface area (Å²) in [5.41, 5.74) is 8.69. The van der Waals surface area contributed by atoms with Gasteiger partial charge >= 0.3 is 0 Å². The van der Waals surface area contributed by atoms with Gasteiger partial charge in [-0.05, 0) is 49.4 Å². The van der Waals surface area contributed by atoms with Gasteiger partial charge in [-0.1, -0.05) is 42.5 Å². The number of rotatable bonds is 6. The summed E-state index contributed by atoms with van der Waals surface area (Å²) >= 11 is 0. The molecular formula is C18H23NO. The third-order valence-electron chi connectivity index (χ3n) is 3.75. The van der Waals surface area contributed by atoms with Gasteiger partial charge < -0.3 is 10.5 Å². The van der Waals surface area contributed by atoms with E-state index in [9.17, 15) is 0 Å². The molecule has 0 radical (unpaired) electrons. The Morgan fingerprint density at radius 2 is 1.65 bits per heavy atom. The van der Waals surface area contributed by atoms with Crippen LogP contribution in [0.1, 0.15) is 30.9 Å². The number of benzene rings is 2. The van der Waals surface area contributed by atoms with E-state index in [0.717, 1.165) is 30.6 Å². The monoisotopic (exact) mass is 269 g/mol. The van der Waals surface area contributed by atoms with Crippen LogP contribution in [-0.4, -0.2) is 7.11 Å². The molecule has 0 heterocycles. The predicted molar refractivity (Wildman–Crippen MR) is 83.9 cm³/mol. The maximum atomic E-state index is 6.45. The molecule has 0 aromatic heterocycles. The molecule has 2 N–H and O–H groups in total. The van der Waals surface area contributed by atoms with Gasteiger partial charge in [0.15, 0.2) is 0 Å². The van der Waals surface area contributed by atoms with Crippen molar-refractivity contribution < 1.29 is 4.74 Å². The largest absolute Gasteiger partial charge is 0.497 e. The molecule has 0 spiro atoms. The summed E-state index contributed by atoms with van der Waals surface area (Å²) in [5.74, 6) is 0.869. The molecule has 0 aliphatic heterocycles. The maximum absolute atomic E-state index is 6.45. The molecule has 0 saturated heterocycles. The second kappa shape index (κ2) is 6.58. The van der Waals surface area contributed by atoms with E-state index in [1.165, 1.54) is 5.56 Å². The summed E-state index contributed by atoms with van der Waals surface area (Å²) in [6, 6.07) is 18.6. The molecule has 0 fully saturated rings. The Balaban J connectivity index is 1.92. The zero-order valence-electron chi connectivity index (χ0n) is 12.3. The highest BCUT2D eigenvalue weighted by molar-refractivity contribution is 5.31. The molecule has 2 rings (SSSR count). The minimum Gasteiger partial charge on any atom is -0.497 e. The molecule has 0 amide bonds. The van der Waals surface area contributed by atoms with Gasteiger partial charge in [0.1, 0.15) is 5.75 Å². The molecule has 0 bridgehead atoms. The van der Waals surface area contributed by atoms with Crippen LogP contribution in [0.4, 0.5) is 0 Å². The quantitative estimate of drug-likeness (QED) is 0.863. The molecule has 2 heteroatoms.